The highest BCUT2D eigenvalue weighted by atomic mass is 35.5. The molecule has 0 unspecified atom stereocenters. The number of rotatable bonds is 7. The Morgan fingerprint density at radius 2 is 1.89 bits per heavy atom. The average molecular weight is 530 g/mol. The lowest BCUT2D eigenvalue weighted by Gasteiger charge is -2.12. The number of carbonyl (C=O) groups excluding carboxylic acids is 1. The fourth-order valence-corrected chi connectivity index (χ4v) is 3.64. The number of hydrogen-bond acceptors (Lipinski definition) is 6. The standard InChI is InChI=1S/C26H19ClF3N3O4/c1-2-36-23(34)15-37-22-11-10-19(27)13-17(22)14-31-33-24(16-6-5-7-18(12-16)26(28,29)30)32-21-9-4-3-8-20(21)25(33)35/h3-14H,2,15H2,1H3. The van der Waals surface area contributed by atoms with Crippen molar-refractivity contribution in [3.63, 3.8) is 0 Å². The van der Waals surface area contributed by atoms with Crippen LogP contribution in [-0.2, 0) is 15.7 Å². The number of hydrogen-bond donors (Lipinski definition) is 0. The maximum absolute atomic E-state index is 13.4. The Hall–Kier alpha value is -4.18. The van der Waals surface area contributed by atoms with Crippen LogP contribution in [0, 0.1) is 0 Å². The number of esters is 1. The van der Waals surface area contributed by atoms with Gasteiger partial charge in [-0.25, -0.2) is 9.78 Å². The molecule has 7 nitrogen and oxygen atoms in total. The van der Waals surface area contributed by atoms with Crippen LogP contribution in [0.25, 0.3) is 22.3 Å². The van der Waals surface area contributed by atoms with Crippen molar-refractivity contribution in [1.29, 1.82) is 0 Å². The van der Waals surface area contributed by atoms with E-state index >= 15 is 0 Å². The lowest BCUT2D eigenvalue weighted by Crippen LogP contribution is -2.20. The van der Waals surface area contributed by atoms with Crippen molar-refractivity contribution < 1.29 is 27.4 Å². The van der Waals surface area contributed by atoms with Crippen LogP contribution >= 0.6 is 11.6 Å². The van der Waals surface area contributed by atoms with E-state index in [1.807, 2.05) is 0 Å². The molecule has 190 valence electrons. The largest absolute Gasteiger partial charge is 0.481 e. The van der Waals surface area contributed by atoms with Crippen LogP contribution in [0.4, 0.5) is 13.2 Å². The number of halogens is 4. The fourth-order valence-electron chi connectivity index (χ4n) is 3.46. The van der Waals surface area contributed by atoms with Crippen LogP contribution in [0.2, 0.25) is 5.02 Å². The van der Waals surface area contributed by atoms with Crippen molar-refractivity contribution in [2.24, 2.45) is 5.10 Å². The molecule has 11 heteroatoms. The van der Waals surface area contributed by atoms with E-state index in [9.17, 15) is 22.8 Å². The minimum Gasteiger partial charge on any atom is -0.481 e. The highest BCUT2D eigenvalue weighted by Gasteiger charge is 2.31. The monoisotopic (exact) mass is 529 g/mol. The molecule has 0 aliphatic carbocycles. The Morgan fingerprint density at radius 3 is 2.65 bits per heavy atom. The molecule has 0 bridgehead atoms. The number of aromatic nitrogens is 2. The summed E-state index contributed by atoms with van der Waals surface area (Å²) in [4.78, 5) is 29.5. The summed E-state index contributed by atoms with van der Waals surface area (Å²) >= 11 is 6.11. The van der Waals surface area contributed by atoms with Gasteiger partial charge < -0.3 is 9.47 Å². The van der Waals surface area contributed by atoms with Crippen LogP contribution in [0.3, 0.4) is 0 Å². The van der Waals surface area contributed by atoms with Gasteiger partial charge in [0.1, 0.15) is 5.75 Å². The molecule has 37 heavy (non-hydrogen) atoms. The second kappa shape index (κ2) is 10.8. The van der Waals surface area contributed by atoms with Crippen molar-refractivity contribution in [1.82, 2.24) is 9.66 Å². The average Bonchev–Trinajstić information content (AvgIpc) is 2.87. The molecule has 0 fully saturated rings. The predicted octanol–water partition coefficient (Wildman–Crippen LogP) is 5.56. The molecule has 0 aliphatic heterocycles. The van der Waals surface area contributed by atoms with E-state index in [0.29, 0.717) is 16.1 Å². The van der Waals surface area contributed by atoms with Crippen LogP contribution in [-0.4, -0.2) is 35.1 Å². The number of ether oxygens (including phenoxy) is 2. The summed E-state index contributed by atoms with van der Waals surface area (Å²) < 4.78 is 51.4. The predicted molar refractivity (Wildman–Crippen MR) is 133 cm³/mol. The lowest BCUT2D eigenvalue weighted by atomic mass is 10.1. The van der Waals surface area contributed by atoms with Gasteiger partial charge in [0.2, 0.25) is 0 Å². The summed E-state index contributed by atoms with van der Waals surface area (Å²) in [5, 5.41) is 4.79. The number of benzene rings is 3. The van der Waals surface area contributed by atoms with Crippen molar-refractivity contribution in [2.75, 3.05) is 13.2 Å². The van der Waals surface area contributed by atoms with Crippen LogP contribution in [0.5, 0.6) is 5.75 Å². The van der Waals surface area contributed by atoms with Gasteiger partial charge in [0.05, 0.1) is 29.3 Å². The number of fused-ring (bicyclic) bond motifs is 1. The number of nitrogens with zero attached hydrogens (tertiary/aromatic N) is 3. The molecule has 4 aromatic rings. The minimum atomic E-state index is -4.59. The van der Waals surface area contributed by atoms with Crippen LogP contribution < -0.4 is 10.3 Å². The SMILES string of the molecule is CCOC(=O)COc1ccc(Cl)cc1C=Nn1c(-c2cccc(C(F)(F)F)c2)nc2ccccc2c1=O. The molecule has 4 rings (SSSR count). The van der Waals surface area contributed by atoms with E-state index in [0.717, 1.165) is 16.8 Å². The van der Waals surface area contributed by atoms with E-state index in [2.05, 4.69) is 10.1 Å². The Balaban J connectivity index is 1.83. The van der Waals surface area contributed by atoms with Gasteiger partial charge in [-0.2, -0.15) is 22.9 Å². The van der Waals surface area contributed by atoms with E-state index in [4.69, 9.17) is 21.1 Å². The molecule has 0 saturated heterocycles. The zero-order valence-corrected chi connectivity index (χ0v) is 20.1. The maximum atomic E-state index is 13.4. The van der Waals surface area contributed by atoms with Gasteiger partial charge in [-0.05, 0) is 49.4 Å². The first kappa shape index (κ1) is 25.9. The van der Waals surface area contributed by atoms with Gasteiger partial charge in [0, 0.05) is 16.1 Å². The summed E-state index contributed by atoms with van der Waals surface area (Å²) in [6, 6.07) is 15.4. The number of carbonyl (C=O) groups is 1. The van der Waals surface area contributed by atoms with Gasteiger partial charge in [-0.15, -0.1) is 0 Å². The number of alkyl halides is 3. The van der Waals surface area contributed by atoms with Gasteiger partial charge in [-0.1, -0.05) is 35.9 Å². The van der Waals surface area contributed by atoms with Gasteiger partial charge in [-0.3, -0.25) is 4.79 Å². The first-order valence-electron chi connectivity index (χ1n) is 11.0. The molecular formula is C26H19ClF3N3O4. The molecule has 0 aliphatic rings. The summed E-state index contributed by atoms with van der Waals surface area (Å²) in [7, 11) is 0. The molecule has 3 aromatic carbocycles. The zero-order valence-electron chi connectivity index (χ0n) is 19.3. The third-order valence-electron chi connectivity index (χ3n) is 5.14. The molecule has 1 aromatic heterocycles. The van der Waals surface area contributed by atoms with Gasteiger partial charge in [0.15, 0.2) is 12.4 Å². The Morgan fingerprint density at radius 1 is 1.11 bits per heavy atom. The minimum absolute atomic E-state index is 0.0414. The van der Waals surface area contributed by atoms with Crippen molar-refractivity contribution >= 4 is 34.7 Å². The number of para-hydroxylation sites is 1. The second-order valence-electron chi connectivity index (χ2n) is 7.67. The zero-order chi connectivity index (χ0) is 26.6. The van der Waals surface area contributed by atoms with Crippen molar-refractivity contribution in [3.05, 3.63) is 93.2 Å². The van der Waals surface area contributed by atoms with E-state index < -0.39 is 23.3 Å². The summed E-state index contributed by atoms with van der Waals surface area (Å²) in [6.07, 6.45) is -3.34. The first-order chi connectivity index (χ1) is 17.7. The molecule has 0 atom stereocenters. The normalized spacial score (nSPS) is 11.7. The third kappa shape index (κ3) is 5.97. The molecule has 0 saturated carbocycles. The van der Waals surface area contributed by atoms with E-state index in [1.165, 1.54) is 36.5 Å². The van der Waals surface area contributed by atoms with Crippen LogP contribution in [0.15, 0.2) is 76.6 Å². The molecule has 0 radical (unpaired) electrons. The second-order valence-corrected chi connectivity index (χ2v) is 8.10. The summed E-state index contributed by atoms with van der Waals surface area (Å²) in [6.45, 7) is 1.48. The summed E-state index contributed by atoms with van der Waals surface area (Å²) in [5.41, 5.74) is -0.836. The Labute approximate surface area is 213 Å². The Kier molecular flexibility index (Phi) is 7.58. The first-order valence-corrected chi connectivity index (χ1v) is 11.4. The lowest BCUT2D eigenvalue weighted by molar-refractivity contribution is -0.145. The Bertz CT molecular complexity index is 1550. The maximum Gasteiger partial charge on any atom is 0.416 e. The van der Waals surface area contributed by atoms with Gasteiger partial charge >= 0.3 is 12.1 Å². The molecule has 1 heterocycles. The molecule has 0 spiro atoms. The molecule has 0 amide bonds. The highest BCUT2D eigenvalue weighted by molar-refractivity contribution is 6.30. The van der Waals surface area contributed by atoms with Crippen molar-refractivity contribution in [2.45, 2.75) is 13.1 Å². The topological polar surface area (TPSA) is 82.8 Å². The van der Waals surface area contributed by atoms with E-state index in [1.54, 1.807) is 31.2 Å². The fraction of sp³-hybridized carbons (Fsp3) is 0.154. The third-order valence-corrected chi connectivity index (χ3v) is 5.37. The van der Waals surface area contributed by atoms with Crippen molar-refractivity contribution in [3.8, 4) is 17.1 Å². The molecular weight excluding hydrogens is 511 g/mol. The smallest absolute Gasteiger partial charge is 0.416 e. The quantitative estimate of drug-likeness (QED) is 0.231. The van der Waals surface area contributed by atoms with Gasteiger partial charge in [0.25, 0.3) is 5.56 Å². The van der Waals surface area contributed by atoms with Crippen LogP contribution in [0.1, 0.15) is 18.1 Å². The molecule has 0 N–H and O–H groups in total. The van der Waals surface area contributed by atoms with E-state index in [-0.39, 0.29) is 35.7 Å². The summed E-state index contributed by atoms with van der Waals surface area (Å²) in [5.74, 6) is -0.451. The highest BCUT2D eigenvalue weighted by Crippen LogP contribution is 2.32.